The average Bonchev–Trinajstić information content (AvgIpc) is 2.66. The number of nitrogens with one attached hydrogen (secondary N) is 1. The molecular weight excluding hydrogens is 316 g/mol. The Morgan fingerprint density at radius 1 is 1.08 bits per heavy atom. The van der Waals surface area contributed by atoms with Gasteiger partial charge in [-0.2, -0.15) is 0 Å². The van der Waals surface area contributed by atoms with Crippen LogP contribution in [0.2, 0.25) is 0 Å². The van der Waals surface area contributed by atoms with Crippen LogP contribution in [0.4, 0.5) is 4.79 Å². The number of carbonyl (C=O) groups excluding carboxylic acids is 2. The van der Waals surface area contributed by atoms with Crippen LogP contribution in [0.25, 0.3) is 0 Å². The van der Waals surface area contributed by atoms with Gasteiger partial charge in [0, 0.05) is 13.1 Å². The van der Waals surface area contributed by atoms with Gasteiger partial charge in [-0.1, -0.05) is 54.6 Å². The predicted octanol–water partition coefficient (Wildman–Crippen LogP) is 2.89. The molecule has 2 aromatic carbocycles. The van der Waals surface area contributed by atoms with E-state index in [4.69, 9.17) is 4.74 Å². The van der Waals surface area contributed by atoms with Crippen molar-refractivity contribution >= 4 is 12.0 Å². The molecule has 1 atom stereocenters. The zero-order chi connectivity index (χ0) is 17.6. The van der Waals surface area contributed by atoms with Crippen LogP contribution >= 0.6 is 0 Å². The molecule has 1 aliphatic heterocycles. The van der Waals surface area contributed by atoms with Crippen molar-refractivity contribution in [3.63, 3.8) is 0 Å². The Bertz CT molecular complexity index is 746. The van der Waals surface area contributed by atoms with E-state index in [1.165, 1.54) is 11.1 Å². The number of carbonyl (C=O) groups is 2. The van der Waals surface area contributed by atoms with Crippen LogP contribution in [-0.2, 0) is 29.1 Å². The highest BCUT2D eigenvalue weighted by Gasteiger charge is 2.25. The molecule has 1 N–H and O–H groups in total. The molecule has 1 aliphatic rings. The first-order chi connectivity index (χ1) is 12.1. The van der Waals surface area contributed by atoms with Gasteiger partial charge in [0.1, 0.15) is 12.6 Å². The molecule has 130 valence electrons. The molecule has 0 aliphatic carbocycles. The minimum Gasteiger partial charge on any atom is -0.445 e. The maximum Gasteiger partial charge on any atom is 0.408 e. The Hall–Kier alpha value is -2.82. The Morgan fingerprint density at radius 2 is 1.76 bits per heavy atom. The second kappa shape index (κ2) is 7.83. The molecule has 0 fully saturated rings. The van der Waals surface area contributed by atoms with Crippen molar-refractivity contribution in [3.05, 3.63) is 71.3 Å². The van der Waals surface area contributed by atoms with Gasteiger partial charge in [-0.05, 0) is 30.0 Å². The van der Waals surface area contributed by atoms with E-state index < -0.39 is 12.1 Å². The number of nitrogens with zero attached hydrogens (tertiary/aromatic N) is 1. The van der Waals surface area contributed by atoms with E-state index in [1.807, 2.05) is 48.5 Å². The third kappa shape index (κ3) is 4.38. The van der Waals surface area contributed by atoms with Crippen molar-refractivity contribution in [2.24, 2.45) is 0 Å². The first-order valence-corrected chi connectivity index (χ1v) is 8.46. The molecule has 5 nitrogen and oxygen atoms in total. The summed E-state index contributed by atoms with van der Waals surface area (Å²) in [6.07, 6.45) is 0.259. The van der Waals surface area contributed by atoms with E-state index >= 15 is 0 Å². The number of alkyl carbamates (subject to hydrolysis) is 1. The lowest BCUT2D eigenvalue weighted by molar-refractivity contribution is -0.133. The molecule has 0 saturated carbocycles. The molecule has 1 heterocycles. The van der Waals surface area contributed by atoms with Gasteiger partial charge >= 0.3 is 6.09 Å². The fraction of sp³-hybridized carbons (Fsp3) is 0.300. The van der Waals surface area contributed by atoms with Crippen molar-refractivity contribution < 1.29 is 14.3 Å². The van der Waals surface area contributed by atoms with Crippen LogP contribution in [-0.4, -0.2) is 29.5 Å². The van der Waals surface area contributed by atoms with E-state index in [2.05, 4.69) is 11.4 Å². The van der Waals surface area contributed by atoms with Crippen LogP contribution in [0.5, 0.6) is 0 Å². The standard InChI is InChI=1S/C20H22N2O3/c1-15(21-20(24)25-14-16-7-3-2-4-8-16)19(23)22-12-11-17-9-5-6-10-18(17)13-22/h2-10,15H,11-14H2,1H3,(H,21,24)/t15-/m1/s1. The summed E-state index contributed by atoms with van der Waals surface area (Å²) < 4.78 is 5.17. The van der Waals surface area contributed by atoms with Gasteiger partial charge in [-0.3, -0.25) is 4.79 Å². The summed E-state index contributed by atoms with van der Waals surface area (Å²) in [7, 11) is 0. The fourth-order valence-corrected chi connectivity index (χ4v) is 2.96. The molecule has 0 unspecified atom stereocenters. The molecular formula is C20H22N2O3. The highest BCUT2D eigenvalue weighted by Crippen LogP contribution is 2.19. The lowest BCUT2D eigenvalue weighted by atomic mass is 9.99. The van der Waals surface area contributed by atoms with Crippen molar-refractivity contribution in [2.75, 3.05) is 6.54 Å². The Kier molecular flexibility index (Phi) is 5.33. The van der Waals surface area contributed by atoms with E-state index in [1.54, 1.807) is 11.8 Å². The number of rotatable bonds is 4. The third-order valence-corrected chi connectivity index (χ3v) is 4.36. The SMILES string of the molecule is C[C@@H](NC(=O)OCc1ccccc1)C(=O)N1CCc2ccccc2C1. The summed E-state index contributed by atoms with van der Waals surface area (Å²) in [6, 6.07) is 17.0. The van der Waals surface area contributed by atoms with Crippen LogP contribution < -0.4 is 5.32 Å². The molecule has 2 aromatic rings. The summed E-state index contributed by atoms with van der Waals surface area (Å²) in [4.78, 5) is 26.3. The van der Waals surface area contributed by atoms with Crippen LogP contribution in [0, 0.1) is 0 Å². The number of fused-ring (bicyclic) bond motifs is 1. The van der Waals surface area contributed by atoms with Crippen molar-refractivity contribution in [2.45, 2.75) is 32.5 Å². The lowest BCUT2D eigenvalue weighted by Gasteiger charge is -2.31. The number of benzene rings is 2. The maximum atomic E-state index is 12.6. The van der Waals surface area contributed by atoms with E-state index in [0.717, 1.165) is 12.0 Å². The van der Waals surface area contributed by atoms with E-state index in [-0.39, 0.29) is 12.5 Å². The predicted molar refractivity (Wildman–Crippen MR) is 94.8 cm³/mol. The monoisotopic (exact) mass is 338 g/mol. The number of hydrogen-bond acceptors (Lipinski definition) is 3. The summed E-state index contributed by atoms with van der Waals surface area (Å²) >= 11 is 0. The Balaban J connectivity index is 1.50. The summed E-state index contributed by atoms with van der Waals surface area (Å²) in [5.41, 5.74) is 3.36. The molecule has 0 saturated heterocycles. The average molecular weight is 338 g/mol. The van der Waals surface area contributed by atoms with Crippen LogP contribution in [0.1, 0.15) is 23.6 Å². The van der Waals surface area contributed by atoms with Gasteiger partial charge in [0.15, 0.2) is 0 Å². The van der Waals surface area contributed by atoms with Gasteiger partial charge in [-0.15, -0.1) is 0 Å². The van der Waals surface area contributed by atoms with Crippen LogP contribution in [0.15, 0.2) is 54.6 Å². The van der Waals surface area contributed by atoms with Crippen molar-refractivity contribution in [3.8, 4) is 0 Å². The molecule has 5 heteroatoms. The van der Waals surface area contributed by atoms with Gasteiger partial charge in [0.05, 0.1) is 0 Å². The zero-order valence-electron chi connectivity index (χ0n) is 14.3. The highest BCUT2D eigenvalue weighted by molar-refractivity contribution is 5.85. The second-order valence-electron chi connectivity index (χ2n) is 6.21. The minimum absolute atomic E-state index is 0.0915. The molecule has 25 heavy (non-hydrogen) atoms. The van der Waals surface area contributed by atoms with Gasteiger partial charge < -0.3 is 15.0 Å². The number of hydrogen-bond donors (Lipinski definition) is 1. The molecule has 0 radical (unpaired) electrons. The summed E-state index contributed by atoms with van der Waals surface area (Å²) in [5.74, 6) is -0.0915. The Morgan fingerprint density at radius 3 is 2.52 bits per heavy atom. The topological polar surface area (TPSA) is 58.6 Å². The van der Waals surface area contributed by atoms with Gasteiger partial charge in [-0.25, -0.2) is 4.79 Å². The zero-order valence-corrected chi connectivity index (χ0v) is 14.3. The molecule has 0 bridgehead atoms. The molecule has 2 amide bonds. The number of ether oxygens (including phenoxy) is 1. The largest absolute Gasteiger partial charge is 0.445 e. The Labute approximate surface area is 147 Å². The first-order valence-electron chi connectivity index (χ1n) is 8.46. The minimum atomic E-state index is -0.617. The second-order valence-corrected chi connectivity index (χ2v) is 6.21. The molecule has 0 spiro atoms. The highest BCUT2D eigenvalue weighted by atomic mass is 16.5. The normalized spacial score (nSPS) is 14.4. The summed E-state index contributed by atoms with van der Waals surface area (Å²) in [6.45, 7) is 3.12. The fourth-order valence-electron chi connectivity index (χ4n) is 2.96. The van der Waals surface area contributed by atoms with Crippen molar-refractivity contribution in [1.82, 2.24) is 10.2 Å². The first kappa shape index (κ1) is 17.0. The van der Waals surface area contributed by atoms with Crippen molar-refractivity contribution in [1.29, 1.82) is 0 Å². The van der Waals surface area contributed by atoms with E-state index in [9.17, 15) is 9.59 Å². The van der Waals surface area contributed by atoms with Gasteiger partial charge in [0.2, 0.25) is 5.91 Å². The third-order valence-electron chi connectivity index (χ3n) is 4.36. The van der Waals surface area contributed by atoms with Crippen LogP contribution in [0.3, 0.4) is 0 Å². The van der Waals surface area contributed by atoms with Gasteiger partial charge in [0.25, 0.3) is 0 Å². The number of amides is 2. The smallest absolute Gasteiger partial charge is 0.408 e. The quantitative estimate of drug-likeness (QED) is 0.932. The van der Waals surface area contributed by atoms with E-state index in [0.29, 0.717) is 13.1 Å². The molecule has 3 rings (SSSR count). The maximum absolute atomic E-state index is 12.6. The lowest BCUT2D eigenvalue weighted by Crippen LogP contribution is -2.48. The summed E-state index contributed by atoms with van der Waals surface area (Å²) in [5, 5.41) is 2.62. The molecule has 0 aromatic heterocycles.